The molecule has 1 aliphatic rings. The molecule has 4 heterocycles. The molecule has 1 aliphatic carbocycles. The molecule has 4 aromatic heterocycles. The molecular formula is C25H26F5N5O. The van der Waals surface area contributed by atoms with Crippen LogP contribution in [0.25, 0.3) is 33.3 Å². The molecule has 0 bridgehead atoms. The van der Waals surface area contributed by atoms with E-state index in [1.165, 1.54) is 19.3 Å². The molecule has 6 nitrogen and oxygen atoms in total. The Bertz CT molecular complexity index is 1380. The van der Waals surface area contributed by atoms with Crippen molar-refractivity contribution in [1.82, 2.24) is 24.5 Å². The van der Waals surface area contributed by atoms with E-state index < -0.39 is 24.1 Å². The van der Waals surface area contributed by atoms with Crippen molar-refractivity contribution < 1.29 is 26.5 Å². The molecule has 11 heteroatoms. The number of rotatable bonds is 5. The molecule has 36 heavy (non-hydrogen) atoms. The monoisotopic (exact) mass is 507 g/mol. The largest absolute Gasteiger partial charge is 0.408 e. The second-order valence-electron chi connectivity index (χ2n) is 10.1. The molecule has 1 fully saturated rings. The van der Waals surface area contributed by atoms with Crippen LogP contribution >= 0.6 is 0 Å². The van der Waals surface area contributed by atoms with E-state index in [9.17, 15) is 17.6 Å². The van der Waals surface area contributed by atoms with E-state index in [2.05, 4.69) is 15.2 Å². The van der Waals surface area contributed by atoms with Crippen molar-refractivity contribution in [3.63, 3.8) is 0 Å². The predicted octanol–water partition coefficient (Wildman–Crippen LogP) is 6.74. The van der Waals surface area contributed by atoms with Crippen LogP contribution in [0.15, 0.2) is 35.4 Å². The average Bonchev–Trinajstić information content (AvgIpc) is 3.47. The Morgan fingerprint density at radius 1 is 1.03 bits per heavy atom. The van der Waals surface area contributed by atoms with Crippen LogP contribution < -0.4 is 0 Å². The molecule has 0 N–H and O–H groups in total. The minimum absolute atomic E-state index is 0.0248. The first-order chi connectivity index (χ1) is 16.8. The minimum Gasteiger partial charge on any atom is -0.361 e. The first kappa shape index (κ1) is 24.5. The molecular weight excluding hydrogens is 481 g/mol. The number of halogens is 5. The lowest BCUT2D eigenvalue weighted by atomic mass is 9.79. The van der Waals surface area contributed by atoms with Crippen molar-refractivity contribution in [2.24, 2.45) is 0 Å². The number of aryl methyl sites for hydroxylation is 2. The summed E-state index contributed by atoms with van der Waals surface area (Å²) in [6, 6.07) is 1.85. The SMILES string of the molecule is Cc1noc(C)c1-c1cnc2c(-c3cnn(CC(F)(F)F)c3)cn(CC3(F)CCC(C)(F)CC3)c2c1. The Morgan fingerprint density at radius 3 is 2.39 bits per heavy atom. The van der Waals surface area contributed by atoms with E-state index in [0.29, 0.717) is 33.6 Å². The summed E-state index contributed by atoms with van der Waals surface area (Å²) in [4.78, 5) is 4.61. The Labute approximate surface area is 204 Å². The number of fused-ring (bicyclic) bond motifs is 1. The third-order valence-corrected chi connectivity index (χ3v) is 6.97. The number of pyridine rings is 1. The third-order valence-electron chi connectivity index (χ3n) is 6.97. The Kier molecular flexibility index (Phi) is 5.72. The summed E-state index contributed by atoms with van der Waals surface area (Å²) in [6.07, 6.45) is 1.98. The molecule has 0 spiro atoms. The summed E-state index contributed by atoms with van der Waals surface area (Å²) in [5.41, 5.74) is 1.27. The van der Waals surface area contributed by atoms with Crippen molar-refractivity contribution in [3.05, 3.63) is 42.3 Å². The van der Waals surface area contributed by atoms with Gasteiger partial charge >= 0.3 is 6.18 Å². The van der Waals surface area contributed by atoms with Gasteiger partial charge in [-0.3, -0.25) is 9.67 Å². The molecule has 192 valence electrons. The molecule has 0 amide bonds. The standard InChI is InChI=1S/C25H26F5N5O/c1-15-21(16(2)36-33-15)17-8-20-22(31-9-17)19(18-10-32-35(11-18)14-25(28,29)30)12-34(20)13-24(27)6-4-23(3,26)5-7-24/h8-12H,4-7,13-14H2,1-3H3. The second kappa shape index (κ2) is 8.41. The lowest BCUT2D eigenvalue weighted by Crippen LogP contribution is -2.38. The molecule has 4 aromatic rings. The molecule has 0 saturated heterocycles. The van der Waals surface area contributed by atoms with Gasteiger partial charge in [-0.2, -0.15) is 18.3 Å². The number of nitrogens with zero attached hydrogens (tertiary/aromatic N) is 5. The number of hydrogen-bond donors (Lipinski definition) is 0. The average molecular weight is 508 g/mol. The Hall–Kier alpha value is -3.24. The summed E-state index contributed by atoms with van der Waals surface area (Å²) in [5, 5.41) is 7.83. The lowest BCUT2D eigenvalue weighted by molar-refractivity contribution is -0.142. The van der Waals surface area contributed by atoms with E-state index in [1.54, 1.807) is 23.9 Å². The summed E-state index contributed by atoms with van der Waals surface area (Å²) in [7, 11) is 0. The van der Waals surface area contributed by atoms with Gasteiger partial charge in [0.05, 0.1) is 29.5 Å². The van der Waals surface area contributed by atoms with Gasteiger partial charge in [-0.15, -0.1) is 0 Å². The molecule has 0 aliphatic heterocycles. The van der Waals surface area contributed by atoms with Gasteiger partial charge in [-0.05, 0) is 52.5 Å². The zero-order valence-electron chi connectivity index (χ0n) is 20.2. The van der Waals surface area contributed by atoms with E-state index in [0.717, 1.165) is 15.8 Å². The maximum Gasteiger partial charge on any atom is 0.408 e. The lowest BCUT2D eigenvalue weighted by Gasteiger charge is -2.36. The van der Waals surface area contributed by atoms with E-state index >= 15 is 4.39 Å². The van der Waals surface area contributed by atoms with E-state index in [4.69, 9.17) is 4.52 Å². The number of aromatic nitrogens is 5. The van der Waals surface area contributed by atoms with Crippen LogP contribution in [0.1, 0.15) is 44.1 Å². The highest BCUT2D eigenvalue weighted by atomic mass is 19.4. The fourth-order valence-electron chi connectivity index (χ4n) is 5.00. The number of hydrogen-bond acceptors (Lipinski definition) is 4. The Morgan fingerprint density at radius 2 is 1.75 bits per heavy atom. The van der Waals surface area contributed by atoms with Crippen LogP contribution in [0.4, 0.5) is 22.0 Å². The highest BCUT2D eigenvalue weighted by Crippen LogP contribution is 2.42. The van der Waals surface area contributed by atoms with Crippen LogP contribution in [0, 0.1) is 13.8 Å². The molecule has 0 atom stereocenters. The van der Waals surface area contributed by atoms with Crippen LogP contribution in [-0.2, 0) is 13.1 Å². The predicted molar refractivity (Wildman–Crippen MR) is 124 cm³/mol. The van der Waals surface area contributed by atoms with Crippen molar-refractivity contribution >= 4 is 11.0 Å². The zero-order chi connectivity index (χ0) is 25.9. The van der Waals surface area contributed by atoms with Crippen LogP contribution in [-0.4, -0.2) is 42.0 Å². The molecule has 0 aromatic carbocycles. The van der Waals surface area contributed by atoms with Crippen LogP contribution in [0.3, 0.4) is 0 Å². The van der Waals surface area contributed by atoms with Crippen LogP contribution in [0.5, 0.6) is 0 Å². The summed E-state index contributed by atoms with van der Waals surface area (Å²) >= 11 is 0. The van der Waals surface area contributed by atoms with Crippen molar-refractivity contribution in [1.29, 1.82) is 0 Å². The smallest absolute Gasteiger partial charge is 0.361 e. The zero-order valence-corrected chi connectivity index (χ0v) is 20.2. The Balaban J connectivity index is 1.59. The highest BCUT2D eigenvalue weighted by Gasteiger charge is 2.41. The van der Waals surface area contributed by atoms with Crippen molar-refractivity contribution in [3.8, 4) is 22.3 Å². The van der Waals surface area contributed by atoms with Crippen molar-refractivity contribution in [2.75, 3.05) is 0 Å². The van der Waals surface area contributed by atoms with Gasteiger partial charge in [0.1, 0.15) is 23.6 Å². The fraction of sp³-hybridized carbons (Fsp3) is 0.480. The normalized spacial score (nSPS) is 23.0. The first-order valence-electron chi connectivity index (χ1n) is 11.7. The number of alkyl halides is 5. The van der Waals surface area contributed by atoms with Gasteiger partial charge in [-0.25, -0.2) is 8.78 Å². The summed E-state index contributed by atoms with van der Waals surface area (Å²) in [5.74, 6) is 0.608. The van der Waals surface area contributed by atoms with Crippen LogP contribution in [0.2, 0.25) is 0 Å². The van der Waals surface area contributed by atoms with Gasteiger partial charge in [0.15, 0.2) is 0 Å². The van der Waals surface area contributed by atoms with Gasteiger partial charge in [0.2, 0.25) is 0 Å². The molecule has 1 saturated carbocycles. The molecule has 5 rings (SSSR count). The second-order valence-corrected chi connectivity index (χ2v) is 10.1. The minimum atomic E-state index is -4.41. The fourth-order valence-corrected chi connectivity index (χ4v) is 5.00. The highest BCUT2D eigenvalue weighted by molar-refractivity contribution is 5.94. The van der Waals surface area contributed by atoms with Gasteiger partial charge in [-0.1, -0.05) is 5.16 Å². The quantitative estimate of drug-likeness (QED) is 0.281. The van der Waals surface area contributed by atoms with Gasteiger partial charge in [0.25, 0.3) is 0 Å². The molecule has 0 unspecified atom stereocenters. The van der Waals surface area contributed by atoms with E-state index in [-0.39, 0.29) is 32.2 Å². The molecule has 0 radical (unpaired) electrons. The van der Waals surface area contributed by atoms with E-state index in [1.807, 2.05) is 13.0 Å². The maximum atomic E-state index is 15.9. The summed E-state index contributed by atoms with van der Waals surface area (Å²) < 4.78 is 76.6. The van der Waals surface area contributed by atoms with Crippen molar-refractivity contribution in [2.45, 2.75) is 77.1 Å². The maximum absolute atomic E-state index is 15.9. The topological polar surface area (TPSA) is 61.7 Å². The summed E-state index contributed by atoms with van der Waals surface area (Å²) in [6.45, 7) is 3.84. The first-order valence-corrected chi connectivity index (χ1v) is 11.7. The third kappa shape index (κ3) is 4.75. The van der Waals surface area contributed by atoms with Gasteiger partial charge < -0.3 is 9.09 Å². The van der Waals surface area contributed by atoms with Gasteiger partial charge in [0, 0.05) is 40.8 Å².